The van der Waals surface area contributed by atoms with Crippen molar-refractivity contribution < 1.29 is 0 Å². The van der Waals surface area contributed by atoms with Crippen molar-refractivity contribution >= 4 is 0 Å². The molecule has 2 aliphatic rings. The Labute approximate surface area is 150 Å². The third kappa shape index (κ3) is 7.42. The van der Waals surface area contributed by atoms with Gasteiger partial charge in [0.15, 0.2) is 0 Å². The van der Waals surface area contributed by atoms with E-state index in [1.54, 1.807) is 0 Å². The number of hydrogen-bond acceptors (Lipinski definition) is 1. The normalized spacial score (nSPS) is 31.2. The highest BCUT2D eigenvalue weighted by Gasteiger charge is 2.23. The molecule has 0 aliphatic heterocycles. The highest BCUT2D eigenvalue weighted by Crippen LogP contribution is 2.36. The first-order valence-electron chi connectivity index (χ1n) is 10.9. The molecule has 2 rings (SSSR count). The van der Waals surface area contributed by atoms with Gasteiger partial charge in [0.05, 0.1) is 6.07 Å². The van der Waals surface area contributed by atoms with Gasteiger partial charge in [0, 0.05) is 5.92 Å². The molecule has 2 fully saturated rings. The smallest absolute Gasteiger partial charge is 0.0655 e. The summed E-state index contributed by atoms with van der Waals surface area (Å²) in [5, 5.41) is 9.00. The molecule has 2 aliphatic carbocycles. The minimum atomic E-state index is 0.366. The Morgan fingerprint density at radius 1 is 0.833 bits per heavy atom. The van der Waals surface area contributed by atoms with Gasteiger partial charge in [-0.05, 0) is 82.0 Å². The molecule has 0 amide bonds. The van der Waals surface area contributed by atoms with Crippen LogP contribution in [-0.4, -0.2) is 0 Å². The molecule has 0 saturated heterocycles. The van der Waals surface area contributed by atoms with E-state index >= 15 is 0 Å². The first kappa shape index (κ1) is 19.6. The van der Waals surface area contributed by atoms with Crippen LogP contribution in [0.15, 0.2) is 12.2 Å². The number of unbranched alkanes of at least 4 members (excludes halogenated alkanes) is 4. The van der Waals surface area contributed by atoms with Gasteiger partial charge in [-0.2, -0.15) is 5.26 Å². The van der Waals surface area contributed by atoms with Gasteiger partial charge < -0.3 is 0 Å². The summed E-state index contributed by atoms with van der Waals surface area (Å²) in [5.41, 5.74) is 0. The van der Waals surface area contributed by atoms with Gasteiger partial charge in [0.1, 0.15) is 0 Å². The van der Waals surface area contributed by atoms with Crippen molar-refractivity contribution in [1.29, 1.82) is 5.26 Å². The molecular weight excluding hydrogens is 290 g/mol. The Morgan fingerprint density at radius 3 is 2.04 bits per heavy atom. The summed E-state index contributed by atoms with van der Waals surface area (Å²) in [5.74, 6) is 3.16. The summed E-state index contributed by atoms with van der Waals surface area (Å²) in [4.78, 5) is 0. The van der Waals surface area contributed by atoms with E-state index in [2.05, 4.69) is 25.1 Å². The van der Waals surface area contributed by atoms with Crippen LogP contribution >= 0.6 is 0 Å². The summed E-state index contributed by atoms with van der Waals surface area (Å²) in [7, 11) is 0. The van der Waals surface area contributed by atoms with Crippen LogP contribution < -0.4 is 0 Å². The maximum absolute atomic E-state index is 9.00. The Bertz CT molecular complexity index is 375. The minimum absolute atomic E-state index is 0.366. The highest BCUT2D eigenvalue weighted by molar-refractivity contribution is 4.91. The standard InChI is InChI=1S/C23H39N/c1-2-3-4-5-6-7-8-20-9-11-21(12-10-20)13-14-22-15-17-23(19-24)18-16-22/h7-8,20-23H,2-6,9-18H2,1H3/b8-7+. The molecule has 1 heteroatoms. The van der Waals surface area contributed by atoms with Crippen molar-refractivity contribution in [3.63, 3.8) is 0 Å². The second-order valence-corrected chi connectivity index (χ2v) is 8.48. The maximum Gasteiger partial charge on any atom is 0.0655 e. The number of rotatable bonds is 9. The zero-order valence-corrected chi connectivity index (χ0v) is 16.0. The van der Waals surface area contributed by atoms with Gasteiger partial charge in [-0.1, -0.05) is 51.2 Å². The number of hydrogen-bond donors (Lipinski definition) is 0. The predicted octanol–water partition coefficient (Wildman–Crippen LogP) is 7.43. The molecule has 0 spiro atoms. The van der Waals surface area contributed by atoms with Crippen LogP contribution in [0.4, 0.5) is 0 Å². The lowest BCUT2D eigenvalue weighted by Gasteiger charge is -2.30. The Morgan fingerprint density at radius 2 is 1.46 bits per heavy atom. The zero-order chi connectivity index (χ0) is 17.0. The quantitative estimate of drug-likeness (QED) is 0.319. The molecule has 0 unspecified atom stereocenters. The van der Waals surface area contributed by atoms with E-state index in [0.717, 1.165) is 30.6 Å². The van der Waals surface area contributed by atoms with Crippen LogP contribution in [0, 0.1) is 35.0 Å². The van der Waals surface area contributed by atoms with E-state index in [1.807, 2.05) is 0 Å². The summed E-state index contributed by atoms with van der Waals surface area (Å²) < 4.78 is 0. The van der Waals surface area contributed by atoms with E-state index in [1.165, 1.54) is 83.5 Å². The van der Waals surface area contributed by atoms with E-state index in [-0.39, 0.29) is 0 Å². The number of nitriles is 1. The lowest BCUT2D eigenvalue weighted by Crippen LogP contribution is -2.17. The molecule has 24 heavy (non-hydrogen) atoms. The molecule has 0 heterocycles. The van der Waals surface area contributed by atoms with Crippen molar-refractivity contribution in [2.45, 2.75) is 103 Å². The van der Waals surface area contributed by atoms with Gasteiger partial charge in [-0.15, -0.1) is 0 Å². The van der Waals surface area contributed by atoms with Gasteiger partial charge in [-0.25, -0.2) is 0 Å². The summed E-state index contributed by atoms with van der Waals surface area (Å²) in [6.45, 7) is 2.28. The summed E-state index contributed by atoms with van der Waals surface area (Å²) >= 11 is 0. The van der Waals surface area contributed by atoms with Gasteiger partial charge in [-0.3, -0.25) is 0 Å². The average Bonchev–Trinajstić information content (AvgIpc) is 2.64. The largest absolute Gasteiger partial charge is 0.198 e. The molecular formula is C23H39N. The van der Waals surface area contributed by atoms with Crippen molar-refractivity contribution in [3.05, 3.63) is 12.2 Å². The summed E-state index contributed by atoms with van der Waals surface area (Å²) in [6, 6.07) is 2.46. The Hall–Kier alpha value is -0.770. The molecule has 1 nitrogen and oxygen atoms in total. The fourth-order valence-corrected chi connectivity index (χ4v) is 4.70. The molecule has 0 aromatic rings. The third-order valence-corrected chi connectivity index (χ3v) is 6.54. The molecule has 0 radical (unpaired) electrons. The van der Waals surface area contributed by atoms with Crippen LogP contribution in [-0.2, 0) is 0 Å². The first-order chi connectivity index (χ1) is 11.8. The molecule has 0 aromatic heterocycles. The van der Waals surface area contributed by atoms with Crippen LogP contribution in [0.1, 0.15) is 103 Å². The Balaban J connectivity index is 1.52. The fraction of sp³-hybridized carbons (Fsp3) is 0.870. The van der Waals surface area contributed by atoms with Gasteiger partial charge in [0.2, 0.25) is 0 Å². The van der Waals surface area contributed by atoms with Crippen LogP contribution in [0.3, 0.4) is 0 Å². The minimum Gasteiger partial charge on any atom is -0.198 e. The second-order valence-electron chi connectivity index (χ2n) is 8.48. The van der Waals surface area contributed by atoms with Gasteiger partial charge in [0.25, 0.3) is 0 Å². The van der Waals surface area contributed by atoms with Crippen molar-refractivity contribution in [2.24, 2.45) is 23.7 Å². The van der Waals surface area contributed by atoms with Crippen molar-refractivity contribution in [2.75, 3.05) is 0 Å². The van der Waals surface area contributed by atoms with E-state index < -0.39 is 0 Å². The average molecular weight is 330 g/mol. The Kier molecular flexibility index (Phi) is 9.55. The second kappa shape index (κ2) is 11.7. The lowest BCUT2D eigenvalue weighted by molar-refractivity contribution is 0.242. The molecule has 0 atom stereocenters. The third-order valence-electron chi connectivity index (χ3n) is 6.54. The van der Waals surface area contributed by atoms with Gasteiger partial charge >= 0.3 is 0 Å². The summed E-state index contributed by atoms with van der Waals surface area (Å²) in [6.07, 6.45) is 25.4. The van der Waals surface area contributed by atoms with Crippen molar-refractivity contribution in [3.8, 4) is 6.07 Å². The van der Waals surface area contributed by atoms with Crippen LogP contribution in [0.2, 0.25) is 0 Å². The van der Waals surface area contributed by atoms with E-state index in [0.29, 0.717) is 5.92 Å². The van der Waals surface area contributed by atoms with E-state index in [4.69, 9.17) is 5.26 Å². The number of allylic oxidation sites excluding steroid dienone is 2. The number of nitrogens with zero attached hydrogens (tertiary/aromatic N) is 1. The first-order valence-corrected chi connectivity index (χ1v) is 10.9. The predicted molar refractivity (Wildman–Crippen MR) is 104 cm³/mol. The maximum atomic E-state index is 9.00. The fourth-order valence-electron chi connectivity index (χ4n) is 4.70. The zero-order valence-electron chi connectivity index (χ0n) is 16.0. The van der Waals surface area contributed by atoms with Crippen molar-refractivity contribution in [1.82, 2.24) is 0 Å². The van der Waals surface area contributed by atoms with E-state index in [9.17, 15) is 0 Å². The highest BCUT2D eigenvalue weighted by atomic mass is 14.3. The SMILES string of the molecule is CCCCCC/C=C/C1CCC(CCC2CCC(C#N)CC2)CC1. The van der Waals surface area contributed by atoms with Crippen LogP contribution in [0.5, 0.6) is 0 Å². The van der Waals surface area contributed by atoms with Crippen LogP contribution in [0.25, 0.3) is 0 Å². The lowest BCUT2D eigenvalue weighted by atomic mass is 9.76. The molecule has 2 saturated carbocycles. The molecule has 136 valence electrons. The molecule has 0 bridgehead atoms. The topological polar surface area (TPSA) is 23.8 Å². The monoisotopic (exact) mass is 329 g/mol. The molecule has 0 N–H and O–H groups in total. The molecule has 0 aromatic carbocycles.